The normalized spacial score (nSPS) is 14.6. The molecule has 0 radical (unpaired) electrons. The van der Waals surface area contributed by atoms with Gasteiger partial charge in [-0.1, -0.05) is 6.07 Å². The molecule has 1 aromatic carbocycles. The van der Waals surface area contributed by atoms with Crippen LogP contribution < -0.4 is 16.1 Å². The maximum atomic E-state index is 5.44. The molecule has 80 valence electrons. The summed E-state index contributed by atoms with van der Waals surface area (Å²) in [6.07, 6.45) is 2.97. The molecule has 1 aromatic rings. The summed E-state index contributed by atoms with van der Waals surface area (Å²) in [5, 5.41) is 9.55. The first-order valence-corrected chi connectivity index (χ1v) is 5.24. The molecule has 0 saturated heterocycles. The van der Waals surface area contributed by atoms with Crippen LogP contribution in [0.2, 0.25) is 0 Å². The maximum absolute atomic E-state index is 5.44. The molecule has 0 bridgehead atoms. The van der Waals surface area contributed by atoms with E-state index in [0.29, 0.717) is 6.54 Å². The minimum atomic E-state index is 0.645. The highest BCUT2D eigenvalue weighted by Crippen LogP contribution is 2.21. The van der Waals surface area contributed by atoms with E-state index in [1.54, 1.807) is 0 Å². The first-order valence-electron chi connectivity index (χ1n) is 5.24. The molecule has 15 heavy (non-hydrogen) atoms. The van der Waals surface area contributed by atoms with Gasteiger partial charge in [-0.15, -0.1) is 0 Å². The second kappa shape index (κ2) is 4.79. The van der Waals surface area contributed by atoms with Crippen LogP contribution in [0.15, 0.2) is 29.4 Å². The molecule has 0 saturated carbocycles. The Kier molecular flexibility index (Phi) is 3.19. The molecular weight excluding hydrogens is 188 g/mol. The van der Waals surface area contributed by atoms with E-state index in [4.69, 9.17) is 5.73 Å². The smallest absolute Gasteiger partial charge is 0.0614 e. The zero-order chi connectivity index (χ0) is 10.5. The molecule has 0 fully saturated rings. The monoisotopic (exact) mass is 204 g/mol. The van der Waals surface area contributed by atoms with Crippen molar-refractivity contribution in [3.63, 3.8) is 0 Å². The van der Waals surface area contributed by atoms with Crippen LogP contribution in [0.1, 0.15) is 6.42 Å². The SMILES string of the molecule is NCCNc1cccc(N2CCC=N2)c1. The van der Waals surface area contributed by atoms with Gasteiger partial charge in [-0.3, -0.25) is 5.01 Å². The summed E-state index contributed by atoms with van der Waals surface area (Å²) in [4.78, 5) is 0. The van der Waals surface area contributed by atoms with Gasteiger partial charge in [-0.05, 0) is 18.2 Å². The lowest BCUT2D eigenvalue weighted by atomic mass is 10.2. The van der Waals surface area contributed by atoms with Crippen LogP contribution in [0.3, 0.4) is 0 Å². The molecule has 4 heteroatoms. The zero-order valence-corrected chi connectivity index (χ0v) is 8.69. The fourth-order valence-electron chi connectivity index (χ4n) is 1.58. The summed E-state index contributed by atoms with van der Waals surface area (Å²) in [6.45, 7) is 2.42. The summed E-state index contributed by atoms with van der Waals surface area (Å²) in [7, 11) is 0. The third-order valence-electron chi connectivity index (χ3n) is 2.31. The molecule has 0 aliphatic carbocycles. The van der Waals surface area contributed by atoms with Gasteiger partial charge in [0.2, 0.25) is 0 Å². The zero-order valence-electron chi connectivity index (χ0n) is 8.69. The highest BCUT2D eigenvalue weighted by molar-refractivity contribution is 5.67. The van der Waals surface area contributed by atoms with E-state index in [2.05, 4.69) is 22.6 Å². The maximum Gasteiger partial charge on any atom is 0.0614 e. The highest BCUT2D eigenvalue weighted by atomic mass is 15.5. The predicted molar refractivity (Wildman–Crippen MR) is 64.4 cm³/mol. The molecule has 0 unspecified atom stereocenters. The van der Waals surface area contributed by atoms with Crippen LogP contribution >= 0.6 is 0 Å². The molecule has 1 heterocycles. The van der Waals surface area contributed by atoms with Crippen LogP contribution in [0.4, 0.5) is 11.4 Å². The van der Waals surface area contributed by atoms with Gasteiger partial charge >= 0.3 is 0 Å². The van der Waals surface area contributed by atoms with Crippen LogP contribution in [-0.2, 0) is 0 Å². The molecule has 0 spiro atoms. The minimum absolute atomic E-state index is 0.645. The summed E-state index contributed by atoms with van der Waals surface area (Å²) < 4.78 is 0. The van der Waals surface area contributed by atoms with Crippen molar-refractivity contribution in [3.05, 3.63) is 24.3 Å². The molecular formula is C11H16N4. The van der Waals surface area contributed by atoms with Crippen LogP contribution in [0.5, 0.6) is 0 Å². The number of nitrogens with one attached hydrogen (secondary N) is 1. The number of hydrogen-bond acceptors (Lipinski definition) is 4. The van der Waals surface area contributed by atoms with Crippen molar-refractivity contribution in [1.29, 1.82) is 0 Å². The van der Waals surface area contributed by atoms with Gasteiger partial charge in [-0.2, -0.15) is 5.10 Å². The lowest BCUT2D eigenvalue weighted by molar-refractivity contribution is 0.921. The molecule has 1 aliphatic heterocycles. The second-order valence-corrected chi connectivity index (χ2v) is 3.48. The molecule has 2 rings (SSSR count). The molecule has 0 aromatic heterocycles. The van der Waals surface area contributed by atoms with E-state index in [9.17, 15) is 0 Å². The summed E-state index contributed by atoms with van der Waals surface area (Å²) >= 11 is 0. The fraction of sp³-hybridized carbons (Fsp3) is 0.364. The van der Waals surface area contributed by atoms with Crippen molar-refractivity contribution in [1.82, 2.24) is 0 Å². The van der Waals surface area contributed by atoms with Gasteiger partial charge in [0, 0.05) is 38.0 Å². The predicted octanol–water partition coefficient (Wildman–Crippen LogP) is 1.25. The Morgan fingerprint density at radius 1 is 1.47 bits per heavy atom. The summed E-state index contributed by atoms with van der Waals surface area (Å²) in [5.74, 6) is 0. The first-order chi connectivity index (χ1) is 7.40. The topological polar surface area (TPSA) is 53.6 Å². The molecule has 4 nitrogen and oxygen atoms in total. The van der Waals surface area contributed by atoms with E-state index in [1.165, 1.54) is 0 Å². The van der Waals surface area contributed by atoms with E-state index < -0.39 is 0 Å². The Labute approximate surface area is 89.8 Å². The summed E-state index contributed by atoms with van der Waals surface area (Å²) in [6, 6.07) is 8.23. The van der Waals surface area contributed by atoms with Crippen LogP contribution in [0, 0.1) is 0 Å². The largest absolute Gasteiger partial charge is 0.384 e. The Hall–Kier alpha value is -1.55. The van der Waals surface area contributed by atoms with Gasteiger partial charge < -0.3 is 11.1 Å². The lowest BCUT2D eigenvalue weighted by Gasteiger charge is -2.15. The van der Waals surface area contributed by atoms with Crippen LogP contribution in [0.25, 0.3) is 0 Å². The Bertz CT molecular complexity index is 348. The molecule has 0 atom stereocenters. The van der Waals surface area contributed by atoms with Gasteiger partial charge in [-0.25, -0.2) is 0 Å². The standard InChI is InChI=1S/C11H16N4/c12-5-7-13-10-3-1-4-11(9-10)15-8-2-6-14-15/h1,3-4,6,9,13H,2,5,7-8,12H2. The lowest BCUT2D eigenvalue weighted by Crippen LogP contribution is -2.14. The van der Waals surface area contributed by atoms with E-state index in [1.807, 2.05) is 23.4 Å². The Morgan fingerprint density at radius 2 is 2.40 bits per heavy atom. The van der Waals surface area contributed by atoms with Crippen molar-refractivity contribution >= 4 is 17.6 Å². The van der Waals surface area contributed by atoms with Crippen molar-refractivity contribution < 1.29 is 0 Å². The number of anilines is 2. The number of nitrogens with zero attached hydrogens (tertiary/aromatic N) is 2. The van der Waals surface area contributed by atoms with Crippen molar-refractivity contribution in [3.8, 4) is 0 Å². The molecule has 3 N–H and O–H groups in total. The number of nitrogens with two attached hydrogens (primary N) is 1. The Morgan fingerprint density at radius 3 is 3.13 bits per heavy atom. The average molecular weight is 204 g/mol. The number of benzene rings is 1. The molecule has 1 aliphatic rings. The van der Waals surface area contributed by atoms with Gasteiger partial charge in [0.05, 0.1) is 5.69 Å². The van der Waals surface area contributed by atoms with E-state index in [-0.39, 0.29) is 0 Å². The van der Waals surface area contributed by atoms with E-state index in [0.717, 1.165) is 30.9 Å². The second-order valence-electron chi connectivity index (χ2n) is 3.48. The minimum Gasteiger partial charge on any atom is -0.384 e. The average Bonchev–Trinajstić information content (AvgIpc) is 2.80. The summed E-state index contributed by atoms with van der Waals surface area (Å²) in [5.41, 5.74) is 7.67. The van der Waals surface area contributed by atoms with Crippen LogP contribution in [-0.4, -0.2) is 25.8 Å². The van der Waals surface area contributed by atoms with Crippen molar-refractivity contribution in [2.45, 2.75) is 6.42 Å². The Balaban J connectivity index is 2.08. The van der Waals surface area contributed by atoms with Gasteiger partial charge in [0.25, 0.3) is 0 Å². The van der Waals surface area contributed by atoms with Gasteiger partial charge in [0.1, 0.15) is 0 Å². The third kappa shape index (κ3) is 2.47. The van der Waals surface area contributed by atoms with Crippen molar-refractivity contribution in [2.75, 3.05) is 30.0 Å². The third-order valence-corrected chi connectivity index (χ3v) is 2.31. The first kappa shape index (κ1) is 9.98. The highest BCUT2D eigenvalue weighted by Gasteiger charge is 2.08. The van der Waals surface area contributed by atoms with E-state index >= 15 is 0 Å². The van der Waals surface area contributed by atoms with Gasteiger partial charge in [0.15, 0.2) is 0 Å². The number of rotatable bonds is 4. The molecule has 0 amide bonds. The quantitative estimate of drug-likeness (QED) is 0.776. The number of hydrogen-bond donors (Lipinski definition) is 2. The number of hydrazone groups is 1. The van der Waals surface area contributed by atoms with Crippen molar-refractivity contribution in [2.24, 2.45) is 10.8 Å². The fourth-order valence-corrected chi connectivity index (χ4v) is 1.58.